The van der Waals surface area contributed by atoms with Crippen LogP contribution in [0.25, 0.3) is 11.3 Å². The van der Waals surface area contributed by atoms with E-state index in [1.807, 2.05) is 6.07 Å². The number of hydrogen-bond acceptors (Lipinski definition) is 2. The van der Waals surface area contributed by atoms with Crippen LogP contribution in [0, 0.1) is 0 Å². The summed E-state index contributed by atoms with van der Waals surface area (Å²) in [5, 5.41) is 4.77. The highest BCUT2D eigenvalue weighted by Gasteiger charge is 2.19. The largest absolute Gasteiger partial charge is 0.399 e. The molecule has 0 aliphatic heterocycles. The molecule has 0 spiro atoms. The fourth-order valence-corrected chi connectivity index (χ4v) is 2.83. The molecule has 0 bridgehead atoms. The minimum atomic E-state index is 0.851. The van der Waals surface area contributed by atoms with Gasteiger partial charge in [0.1, 0.15) is 0 Å². The van der Waals surface area contributed by atoms with Crippen molar-refractivity contribution in [3.05, 3.63) is 35.5 Å². The van der Waals surface area contributed by atoms with Crippen LogP contribution in [0.5, 0.6) is 0 Å². The van der Waals surface area contributed by atoms with Crippen molar-refractivity contribution in [2.75, 3.05) is 5.73 Å². The summed E-state index contributed by atoms with van der Waals surface area (Å²) in [6.07, 6.45) is 8.13. The Morgan fingerprint density at radius 2 is 2.05 bits per heavy atom. The predicted octanol–water partition coefficient (Wildman–Crippen LogP) is 3.42. The molecular weight excluding hydrogens is 234 g/mol. The SMILES string of the molecule is CCCCCn1cc2c(n1)-c1ccc(N)cc1CC2. The number of nitrogens with two attached hydrogens (primary N) is 1. The van der Waals surface area contributed by atoms with Gasteiger partial charge in [0.2, 0.25) is 0 Å². The van der Waals surface area contributed by atoms with Crippen molar-refractivity contribution >= 4 is 5.69 Å². The zero-order valence-electron chi connectivity index (χ0n) is 11.5. The lowest BCUT2D eigenvalue weighted by atomic mass is 9.90. The highest BCUT2D eigenvalue weighted by Crippen LogP contribution is 2.33. The first kappa shape index (κ1) is 12.3. The summed E-state index contributed by atoms with van der Waals surface area (Å²) >= 11 is 0. The van der Waals surface area contributed by atoms with Gasteiger partial charge in [-0.1, -0.05) is 25.8 Å². The first-order valence-electron chi connectivity index (χ1n) is 7.23. The zero-order chi connectivity index (χ0) is 13.2. The molecule has 3 nitrogen and oxygen atoms in total. The highest BCUT2D eigenvalue weighted by molar-refractivity contribution is 5.71. The molecule has 2 N–H and O–H groups in total. The van der Waals surface area contributed by atoms with Crippen molar-refractivity contribution in [3.8, 4) is 11.3 Å². The maximum Gasteiger partial charge on any atom is 0.0957 e. The minimum Gasteiger partial charge on any atom is -0.399 e. The maximum absolute atomic E-state index is 5.86. The third-order valence-electron chi connectivity index (χ3n) is 3.88. The Labute approximate surface area is 114 Å². The van der Waals surface area contributed by atoms with E-state index in [4.69, 9.17) is 10.8 Å². The summed E-state index contributed by atoms with van der Waals surface area (Å²) in [6.45, 7) is 3.26. The number of unbranched alkanes of at least 4 members (excludes halogenated alkanes) is 2. The number of hydrogen-bond donors (Lipinski definition) is 1. The molecule has 1 aromatic heterocycles. The minimum absolute atomic E-state index is 0.851. The van der Waals surface area contributed by atoms with E-state index in [0.717, 1.165) is 30.8 Å². The lowest BCUT2D eigenvalue weighted by Gasteiger charge is -2.15. The van der Waals surface area contributed by atoms with Gasteiger partial charge in [-0.3, -0.25) is 4.68 Å². The number of rotatable bonds is 4. The van der Waals surface area contributed by atoms with Crippen LogP contribution in [0.1, 0.15) is 37.3 Å². The van der Waals surface area contributed by atoms with Gasteiger partial charge < -0.3 is 5.73 Å². The van der Waals surface area contributed by atoms with Crippen LogP contribution < -0.4 is 5.73 Å². The molecule has 100 valence electrons. The van der Waals surface area contributed by atoms with Gasteiger partial charge in [0.05, 0.1) is 5.69 Å². The quantitative estimate of drug-likeness (QED) is 0.672. The Hall–Kier alpha value is -1.77. The normalized spacial score (nSPS) is 13.1. The Bertz CT molecular complexity index is 584. The van der Waals surface area contributed by atoms with E-state index in [1.54, 1.807) is 0 Å². The summed E-state index contributed by atoms with van der Waals surface area (Å²) in [5.74, 6) is 0. The van der Waals surface area contributed by atoms with E-state index >= 15 is 0 Å². The Kier molecular flexibility index (Phi) is 3.28. The molecule has 1 aliphatic rings. The van der Waals surface area contributed by atoms with E-state index < -0.39 is 0 Å². The van der Waals surface area contributed by atoms with Crippen LogP contribution in [0.4, 0.5) is 5.69 Å². The van der Waals surface area contributed by atoms with Gasteiger partial charge in [-0.2, -0.15) is 5.10 Å². The molecule has 0 atom stereocenters. The molecule has 19 heavy (non-hydrogen) atoms. The summed E-state index contributed by atoms with van der Waals surface area (Å²) < 4.78 is 2.12. The molecule has 0 amide bonds. The van der Waals surface area contributed by atoms with Crippen LogP contribution in [-0.2, 0) is 19.4 Å². The third-order valence-corrected chi connectivity index (χ3v) is 3.88. The number of fused-ring (bicyclic) bond motifs is 3. The monoisotopic (exact) mass is 255 g/mol. The zero-order valence-corrected chi connectivity index (χ0v) is 11.5. The number of nitrogen functional groups attached to an aromatic ring is 1. The van der Waals surface area contributed by atoms with E-state index in [-0.39, 0.29) is 0 Å². The Balaban J connectivity index is 1.89. The fraction of sp³-hybridized carbons (Fsp3) is 0.438. The number of nitrogens with zero attached hydrogens (tertiary/aromatic N) is 2. The molecule has 1 aliphatic carbocycles. The van der Waals surface area contributed by atoms with Gasteiger partial charge in [-0.15, -0.1) is 0 Å². The topological polar surface area (TPSA) is 43.8 Å². The van der Waals surface area contributed by atoms with E-state index in [9.17, 15) is 0 Å². The van der Waals surface area contributed by atoms with Crippen molar-refractivity contribution in [1.29, 1.82) is 0 Å². The average Bonchev–Trinajstić information content (AvgIpc) is 2.81. The molecule has 0 saturated carbocycles. The summed E-state index contributed by atoms with van der Waals surface area (Å²) in [4.78, 5) is 0. The average molecular weight is 255 g/mol. The maximum atomic E-state index is 5.86. The number of anilines is 1. The molecule has 1 heterocycles. The van der Waals surface area contributed by atoms with Crippen LogP contribution in [-0.4, -0.2) is 9.78 Å². The number of benzene rings is 1. The lowest BCUT2D eigenvalue weighted by molar-refractivity contribution is 0.554. The standard InChI is InChI=1S/C16H21N3/c1-2-3-4-9-19-11-13-6-5-12-10-14(17)7-8-15(12)16(13)18-19/h7-8,10-11H,2-6,9,17H2,1H3. The van der Waals surface area contributed by atoms with Gasteiger partial charge >= 0.3 is 0 Å². The first-order chi connectivity index (χ1) is 9.28. The van der Waals surface area contributed by atoms with Gasteiger partial charge in [0, 0.05) is 24.0 Å². The third kappa shape index (κ3) is 2.37. The number of aryl methyl sites for hydroxylation is 3. The van der Waals surface area contributed by atoms with Crippen LogP contribution in [0.15, 0.2) is 24.4 Å². The van der Waals surface area contributed by atoms with E-state index in [0.29, 0.717) is 0 Å². The van der Waals surface area contributed by atoms with Gasteiger partial charge in [0.25, 0.3) is 0 Å². The van der Waals surface area contributed by atoms with Crippen molar-refractivity contribution in [2.45, 2.75) is 45.6 Å². The Morgan fingerprint density at radius 1 is 1.21 bits per heavy atom. The molecule has 1 aromatic carbocycles. The molecule has 0 unspecified atom stereocenters. The van der Waals surface area contributed by atoms with Crippen molar-refractivity contribution in [1.82, 2.24) is 9.78 Å². The van der Waals surface area contributed by atoms with Crippen molar-refractivity contribution in [2.24, 2.45) is 0 Å². The molecule has 0 saturated heterocycles. The molecular formula is C16H21N3. The van der Waals surface area contributed by atoms with E-state index in [1.165, 1.54) is 36.0 Å². The van der Waals surface area contributed by atoms with Crippen LogP contribution in [0.2, 0.25) is 0 Å². The van der Waals surface area contributed by atoms with Crippen molar-refractivity contribution in [3.63, 3.8) is 0 Å². The summed E-state index contributed by atoms with van der Waals surface area (Å²) in [5.41, 5.74) is 11.9. The molecule has 0 fully saturated rings. The van der Waals surface area contributed by atoms with Gasteiger partial charge in [-0.25, -0.2) is 0 Å². The van der Waals surface area contributed by atoms with Crippen molar-refractivity contribution < 1.29 is 0 Å². The second kappa shape index (κ2) is 5.08. The van der Waals surface area contributed by atoms with E-state index in [2.05, 4.69) is 29.9 Å². The van der Waals surface area contributed by atoms with Crippen LogP contribution >= 0.6 is 0 Å². The second-order valence-corrected chi connectivity index (χ2v) is 5.39. The molecule has 3 heteroatoms. The summed E-state index contributed by atoms with van der Waals surface area (Å²) in [6, 6.07) is 6.18. The predicted molar refractivity (Wildman–Crippen MR) is 79.0 cm³/mol. The van der Waals surface area contributed by atoms with Gasteiger partial charge in [-0.05, 0) is 42.5 Å². The smallest absolute Gasteiger partial charge is 0.0957 e. The van der Waals surface area contributed by atoms with Crippen LogP contribution in [0.3, 0.4) is 0 Å². The fourth-order valence-electron chi connectivity index (χ4n) is 2.83. The molecule has 0 radical (unpaired) electrons. The van der Waals surface area contributed by atoms with Gasteiger partial charge in [0.15, 0.2) is 0 Å². The first-order valence-corrected chi connectivity index (χ1v) is 7.23. The molecule has 3 rings (SSSR count). The summed E-state index contributed by atoms with van der Waals surface area (Å²) in [7, 11) is 0. The highest BCUT2D eigenvalue weighted by atomic mass is 15.3. The number of aromatic nitrogens is 2. The Morgan fingerprint density at radius 3 is 2.89 bits per heavy atom. The molecule has 2 aromatic rings. The second-order valence-electron chi connectivity index (χ2n) is 5.39. The lowest BCUT2D eigenvalue weighted by Crippen LogP contribution is -2.03.